The monoisotopic (exact) mass is 226 g/mol. The molecular weight excluding hydrogens is 212 g/mol. The van der Waals surface area contributed by atoms with Gasteiger partial charge in [0.25, 0.3) is 0 Å². The average Bonchev–Trinajstić information content (AvgIpc) is 2.77. The Morgan fingerprint density at radius 2 is 2.57 bits per heavy atom. The second-order valence-electron chi connectivity index (χ2n) is 3.42. The van der Waals surface area contributed by atoms with E-state index < -0.39 is 0 Å². The second-order valence-corrected chi connectivity index (χ2v) is 5.21. The van der Waals surface area contributed by atoms with Gasteiger partial charge >= 0.3 is 0 Å². The lowest BCUT2D eigenvalue weighted by atomic mass is 10.2. The number of thiophene rings is 1. The first-order valence-electron chi connectivity index (χ1n) is 4.79. The van der Waals surface area contributed by atoms with Crippen LogP contribution in [0.3, 0.4) is 0 Å². The molecule has 0 radical (unpaired) electrons. The van der Waals surface area contributed by atoms with Crippen LogP contribution in [0.2, 0.25) is 0 Å². The highest BCUT2D eigenvalue weighted by molar-refractivity contribution is 8.14. The smallest absolute Gasteiger partial charge is 0.156 e. The Bertz CT molecular complexity index is 306. The molecule has 0 amide bonds. The van der Waals surface area contributed by atoms with E-state index in [1.54, 1.807) is 11.3 Å². The van der Waals surface area contributed by atoms with Gasteiger partial charge in [-0.05, 0) is 35.7 Å². The van der Waals surface area contributed by atoms with Crippen molar-refractivity contribution in [1.29, 1.82) is 0 Å². The van der Waals surface area contributed by atoms with Crippen LogP contribution in [-0.4, -0.2) is 23.5 Å². The summed E-state index contributed by atoms with van der Waals surface area (Å²) in [5.41, 5.74) is 1.40. The molecule has 2 heterocycles. The summed E-state index contributed by atoms with van der Waals surface area (Å²) < 4.78 is 0. The Balaban J connectivity index is 1.77. The van der Waals surface area contributed by atoms with E-state index >= 15 is 0 Å². The molecule has 2 nitrogen and oxygen atoms in total. The summed E-state index contributed by atoms with van der Waals surface area (Å²) >= 11 is 3.58. The third kappa shape index (κ3) is 2.75. The highest BCUT2D eigenvalue weighted by Crippen LogP contribution is 2.13. The van der Waals surface area contributed by atoms with Crippen molar-refractivity contribution in [2.24, 2.45) is 4.99 Å². The fraction of sp³-hybridized carbons (Fsp3) is 0.500. The summed E-state index contributed by atoms with van der Waals surface area (Å²) in [5, 5.41) is 8.78. The van der Waals surface area contributed by atoms with Gasteiger partial charge < -0.3 is 5.32 Å². The van der Waals surface area contributed by atoms with Crippen LogP contribution >= 0.6 is 23.1 Å². The molecule has 1 unspecified atom stereocenters. The van der Waals surface area contributed by atoms with E-state index in [0.29, 0.717) is 6.04 Å². The first-order chi connectivity index (χ1) is 6.84. The van der Waals surface area contributed by atoms with E-state index in [2.05, 4.69) is 34.1 Å². The van der Waals surface area contributed by atoms with Crippen LogP contribution in [0.25, 0.3) is 0 Å². The number of aliphatic imine (C=N–C) groups is 1. The number of thioether (sulfide) groups is 1. The van der Waals surface area contributed by atoms with E-state index in [-0.39, 0.29) is 0 Å². The largest absolute Gasteiger partial charge is 0.362 e. The zero-order chi connectivity index (χ0) is 9.80. The molecule has 1 atom stereocenters. The molecule has 76 valence electrons. The van der Waals surface area contributed by atoms with Gasteiger partial charge in [-0.25, -0.2) is 0 Å². The molecule has 1 N–H and O–H groups in total. The van der Waals surface area contributed by atoms with Crippen LogP contribution in [0.5, 0.6) is 0 Å². The molecule has 2 rings (SSSR count). The van der Waals surface area contributed by atoms with Crippen LogP contribution in [0, 0.1) is 0 Å². The molecule has 1 aliphatic heterocycles. The summed E-state index contributed by atoms with van der Waals surface area (Å²) in [6.07, 6.45) is 1.06. The molecule has 1 aromatic rings. The third-order valence-corrected chi connectivity index (χ3v) is 4.00. The summed E-state index contributed by atoms with van der Waals surface area (Å²) in [4.78, 5) is 4.52. The van der Waals surface area contributed by atoms with Crippen molar-refractivity contribution in [2.75, 3.05) is 12.3 Å². The Morgan fingerprint density at radius 3 is 3.21 bits per heavy atom. The third-order valence-electron chi connectivity index (χ3n) is 2.08. The molecular formula is C10H14N2S2. The molecule has 0 spiro atoms. The maximum absolute atomic E-state index is 4.52. The molecule has 0 aromatic carbocycles. The zero-order valence-electron chi connectivity index (χ0n) is 8.19. The standard InChI is InChI=1S/C10H14N2S2/c1-8-6-14-10(12-8)11-4-2-9-3-5-13-7-9/h3,5,7-8H,2,4,6H2,1H3,(H,11,12). The van der Waals surface area contributed by atoms with Crippen molar-refractivity contribution in [2.45, 2.75) is 19.4 Å². The first kappa shape index (κ1) is 10.1. The van der Waals surface area contributed by atoms with Crippen LogP contribution in [0.4, 0.5) is 0 Å². The number of rotatable bonds is 3. The Hall–Kier alpha value is -0.480. The topological polar surface area (TPSA) is 24.4 Å². The highest BCUT2D eigenvalue weighted by Gasteiger charge is 2.14. The molecule has 4 heteroatoms. The Labute approximate surface area is 92.8 Å². The normalized spacial score (nSPS) is 24.1. The van der Waals surface area contributed by atoms with Gasteiger partial charge in [-0.3, -0.25) is 4.99 Å². The zero-order valence-corrected chi connectivity index (χ0v) is 9.83. The predicted octanol–water partition coefficient (Wildman–Crippen LogP) is 2.37. The lowest BCUT2D eigenvalue weighted by Gasteiger charge is -2.00. The van der Waals surface area contributed by atoms with E-state index in [9.17, 15) is 0 Å². The predicted molar refractivity (Wildman–Crippen MR) is 65.4 cm³/mol. The SMILES string of the molecule is CC1CSC(=NCCc2ccsc2)N1. The van der Waals surface area contributed by atoms with Crippen LogP contribution < -0.4 is 5.32 Å². The molecule has 1 fully saturated rings. The minimum absolute atomic E-state index is 0.583. The Morgan fingerprint density at radius 1 is 1.64 bits per heavy atom. The first-order valence-corrected chi connectivity index (χ1v) is 6.72. The lowest BCUT2D eigenvalue weighted by Crippen LogP contribution is -2.23. The summed E-state index contributed by atoms with van der Waals surface area (Å²) in [5.74, 6) is 1.15. The van der Waals surface area contributed by atoms with E-state index in [0.717, 1.165) is 23.9 Å². The molecule has 14 heavy (non-hydrogen) atoms. The maximum Gasteiger partial charge on any atom is 0.156 e. The minimum atomic E-state index is 0.583. The van der Waals surface area contributed by atoms with Crippen molar-refractivity contribution in [3.8, 4) is 0 Å². The van der Waals surface area contributed by atoms with Gasteiger partial charge in [0.1, 0.15) is 0 Å². The maximum atomic E-state index is 4.52. The van der Waals surface area contributed by atoms with Crippen molar-refractivity contribution in [3.63, 3.8) is 0 Å². The van der Waals surface area contributed by atoms with Gasteiger partial charge in [-0.2, -0.15) is 11.3 Å². The lowest BCUT2D eigenvalue weighted by molar-refractivity contribution is 0.764. The van der Waals surface area contributed by atoms with E-state index in [1.165, 1.54) is 5.56 Å². The van der Waals surface area contributed by atoms with Gasteiger partial charge in [0, 0.05) is 18.3 Å². The molecule has 1 aliphatic rings. The number of nitrogens with zero attached hydrogens (tertiary/aromatic N) is 1. The van der Waals surface area contributed by atoms with Gasteiger partial charge in [0.05, 0.1) is 0 Å². The van der Waals surface area contributed by atoms with Crippen molar-refractivity contribution in [3.05, 3.63) is 22.4 Å². The fourth-order valence-corrected chi connectivity index (χ4v) is 2.97. The van der Waals surface area contributed by atoms with Crippen LogP contribution in [0.15, 0.2) is 21.8 Å². The van der Waals surface area contributed by atoms with Crippen LogP contribution in [0.1, 0.15) is 12.5 Å². The fourth-order valence-electron chi connectivity index (χ4n) is 1.31. The second kappa shape index (κ2) is 4.84. The number of hydrogen-bond donors (Lipinski definition) is 1. The van der Waals surface area contributed by atoms with E-state index in [1.807, 2.05) is 11.8 Å². The number of nitrogens with one attached hydrogen (secondary N) is 1. The minimum Gasteiger partial charge on any atom is -0.362 e. The van der Waals surface area contributed by atoms with Crippen molar-refractivity contribution >= 4 is 28.3 Å². The molecule has 0 aliphatic carbocycles. The summed E-state index contributed by atoms with van der Waals surface area (Å²) in [7, 11) is 0. The average molecular weight is 226 g/mol. The van der Waals surface area contributed by atoms with Gasteiger partial charge in [-0.1, -0.05) is 11.8 Å². The van der Waals surface area contributed by atoms with Crippen molar-refractivity contribution in [1.82, 2.24) is 5.32 Å². The Kier molecular flexibility index (Phi) is 3.48. The van der Waals surface area contributed by atoms with Gasteiger partial charge in [0.2, 0.25) is 0 Å². The van der Waals surface area contributed by atoms with Crippen LogP contribution in [-0.2, 0) is 6.42 Å². The van der Waals surface area contributed by atoms with Gasteiger partial charge in [0.15, 0.2) is 5.17 Å². The summed E-state index contributed by atoms with van der Waals surface area (Å²) in [6, 6.07) is 2.75. The molecule has 0 saturated carbocycles. The highest BCUT2D eigenvalue weighted by atomic mass is 32.2. The molecule has 1 saturated heterocycles. The van der Waals surface area contributed by atoms with E-state index in [4.69, 9.17) is 0 Å². The summed E-state index contributed by atoms with van der Waals surface area (Å²) in [6.45, 7) is 3.09. The number of amidine groups is 1. The van der Waals surface area contributed by atoms with Crippen molar-refractivity contribution < 1.29 is 0 Å². The quantitative estimate of drug-likeness (QED) is 0.855. The number of hydrogen-bond acceptors (Lipinski definition) is 3. The molecule has 1 aromatic heterocycles. The van der Waals surface area contributed by atoms with Gasteiger partial charge in [-0.15, -0.1) is 0 Å². The molecule has 0 bridgehead atoms.